The summed E-state index contributed by atoms with van der Waals surface area (Å²) in [5.41, 5.74) is 3.03. The second-order valence-corrected chi connectivity index (χ2v) is 7.78. The van der Waals surface area contributed by atoms with Crippen molar-refractivity contribution in [3.63, 3.8) is 0 Å². The van der Waals surface area contributed by atoms with Gasteiger partial charge < -0.3 is 14.7 Å². The van der Waals surface area contributed by atoms with Gasteiger partial charge in [0.05, 0.1) is 12.4 Å². The molecule has 1 amide bonds. The maximum Gasteiger partial charge on any atom is 0.274 e. The predicted octanol–water partition coefficient (Wildman–Crippen LogP) is 3.13. The number of piperazine rings is 1. The molecule has 6 heteroatoms. The van der Waals surface area contributed by atoms with Crippen molar-refractivity contribution in [3.8, 4) is 0 Å². The summed E-state index contributed by atoms with van der Waals surface area (Å²) in [5.74, 6) is 0.876. The Bertz CT molecular complexity index is 791. The number of likely N-dealkylation sites (tertiary alicyclic amines) is 1. The van der Waals surface area contributed by atoms with Gasteiger partial charge in [-0.2, -0.15) is 0 Å². The zero-order chi connectivity index (χ0) is 19.3. The summed E-state index contributed by atoms with van der Waals surface area (Å²) in [6, 6.07) is 8.65. The summed E-state index contributed by atoms with van der Waals surface area (Å²) in [7, 11) is 0. The number of aromatic nitrogens is 2. The molecular formula is C22H29N5O. The van der Waals surface area contributed by atoms with Crippen LogP contribution in [-0.4, -0.2) is 60.0 Å². The third-order valence-corrected chi connectivity index (χ3v) is 5.72. The monoisotopic (exact) mass is 379 g/mol. The van der Waals surface area contributed by atoms with E-state index in [2.05, 4.69) is 51.0 Å². The summed E-state index contributed by atoms with van der Waals surface area (Å²) in [6.07, 6.45) is 8.00. The van der Waals surface area contributed by atoms with Gasteiger partial charge in [0.2, 0.25) is 0 Å². The molecular weight excluding hydrogens is 350 g/mol. The van der Waals surface area contributed by atoms with Crippen molar-refractivity contribution in [1.29, 1.82) is 0 Å². The Kier molecular flexibility index (Phi) is 5.74. The maximum absolute atomic E-state index is 12.7. The zero-order valence-corrected chi connectivity index (χ0v) is 16.7. The van der Waals surface area contributed by atoms with E-state index >= 15 is 0 Å². The topological polar surface area (TPSA) is 52.6 Å². The predicted molar refractivity (Wildman–Crippen MR) is 112 cm³/mol. The molecule has 0 N–H and O–H groups in total. The minimum atomic E-state index is 0.0187. The zero-order valence-electron chi connectivity index (χ0n) is 16.7. The third kappa shape index (κ3) is 4.26. The molecule has 6 nitrogen and oxygen atoms in total. The van der Waals surface area contributed by atoms with Crippen molar-refractivity contribution in [2.75, 3.05) is 49.1 Å². The number of amides is 1. The van der Waals surface area contributed by atoms with Crippen LogP contribution in [0.25, 0.3) is 0 Å². The lowest BCUT2D eigenvalue weighted by atomic mass is 10.2. The fourth-order valence-corrected chi connectivity index (χ4v) is 4.05. The molecule has 1 aromatic carbocycles. The maximum atomic E-state index is 12.7. The van der Waals surface area contributed by atoms with Crippen LogP contribution in [0.4, 0.5) is 11.5 Å². The van der Waals surface area contributed by atoms with Crippen LogP contribution in [0.5, 0.6) is 0 Å². The van der Waals surface area contributed by atoms with E-state index < -0.39 is 0 Å². The molecule has 0 spiro atoms. The first-order valence-electron chi connectivity index (χ1n) is 10.4. The van der Waals surface area contributed by atoms with E-state index in [0.29, 0.717) is 5.69 Å². The van der Waals surface area contributed by atoms with E-state index in [9.17, 15) is 4.79 Å². The highest BCUT2D eigenvalue weighted by Gasteiger charge is 2.21. The summed E-state index contributed by atoms with van der Waals surface area (Å²) < 4.78 is 0. The van der Waals surface area contributed by atoms with E-state index in [1.165, 1.54) is 24.1 Å². The molecule has 28 heavy (non-hydrogen) atoms. The fourth-order valence-electron chi connectivity index (χ4n) is 4.05. The molecule has 2 aliphatic heterocycles. The molecule has 0 bridgehead atoms. The summed E-state index contributed by atoms with van der Waals surface area (Å²) in [5, 5.41) is 0. The highest BCUT2D eigenvalue weighted by molar-refractivity contribution is 5.92. The van der Waals surface area contributed by atoms with Gasteiger partial charge in [0.1, 0.15) is 11.5 Å². The average molecular weight is 380 g/mol. The van der Waals surface area contributed by atoms with E-state index in [-0.39, 0.29) is 5.91 Å². The minimum absolute atomic E-state index is 0.0187. The van der Waals surface area contributed by atoms with Gasteiger partial charge in [-0.15, -0.1) is 0 Å². The van der Waals surface area contributed by atoms with Crippen LogP contribution >= 0.6 is 0 Å². The Morgan fingerprint density at radius 2 is 1.57 bits per heavy atom. The second-order valence-electron chi connectivity index (χ2n) is 7.78. The van der Waals surface area contributed by atoms with Gasteiger partial charge >= 0.3 is 0 Å². The molecule has 0 radical (unpaired) electrons. The lowest BCUT2D eigenvalue weighted by molar-refractivity contribution is 0.0755. The van der Waals surface area contributed by atoms with Gasteiger partial charge in [0, 0.05) is 45.0 Å². The van der Waals surface area contributed by atoms with Crippen molar-refractivity contribution >= 4 is 17.4 Å². The molecule has 2 saturated heterocycles. The molecule has 148 valence electrons. The number of carbonyl (C=O) groups excluding carboxylic acids is 1. The number of carbonyl (C=O) groups is 1. The van der Waals surface area contributed by atoms with E-state index in [1.807, 2.05) is 4.90 Å². The van der Waals surface area contributed by atoms with E-state index in [4.69, 9.17) is 0 Å². The van der Waals surface area contributed by atoms with Gasteiger partial charge in [-0.25, -0.2) is 9.97 Å². The van der Waals surface area contributed by atoms with Gasteiger partial charge in [-0.3, -0.25) is 4.79 Å². The molecule has 0 atom stereocenters. The lowest BCUT2D eigenvalue weighted by Crippen LogP contribution is -2.47. The Hall–Kier alpha value is -2.63. The van der Waals surface area contributed by atoms with Crippen LogP contribution in [0.15, 0.2) is 36.7 Å². The van der Waals surface area contributed by atoms with Crippen molar-refractivity contribution in [1.82, 2.24) is 14.9 Å². The van der Waals surface area contributed by atoms with Crippen LogP contribution in [0.3, 0.4) is 0 Å². The first-order chi connectivity index (χ1) is 13.7. The van der Waals surface area contributed by atoms with Crippen molar-refractivity contribution < 1.29 is 4.79 Å². The minimum Gasteiger partial charge on any atom is -0.368 e. The van der Waals surface area contributed by atoms with Gasteiger partial charge in [0.15, 0.2) is 0 Å². The van der Waals surface area contributed by atoms with Gasteiger partial charge in [-0.1, -0.05) is 25.0 Å². The number of hydrogen-bond donors (Lipinski definition) is 0. The molecule has 0 saturated carbocycles. The Balaban J connectivity index is 1.36. The summed E-state index contributed by atoms with van der Waals surface area (Å²) in [4.78, 5) is 28.2. The van der Waals surface area contributed by atoms with Crippen LogP contribution in [0.2, 0.25) is 0 Å². The van der Waals surface area contributed by atoms with Crippen molar-refractivity contribution in [3.05, 3.63) is 47.9 Å². The van der Waals surface area contributed by atoms with Crippen LogP contribution < -0.4 is 9.80 Å². The molecule has 3 heterocycles. The highest BCUT2D eigenvalue weighted by Crippen LogP contribution is 2.20. The van der Waals surface area contributed by atoms with Crippen LogP contribution in [0, 0.1) is 6.92 Å². The molecule has 0 aliphatic carbocycles. The molecule has 4 rings (SSSR count). The van der Waals surface area contributed by atoms with Crippen LogP contribution in [0.1, 0.15) is 41.7 Å². The average Bonchev–Trinajstić information content (AvgIpc) is 3.03. The second kappa shape index (κ2) is 8.59. The molecule has 2 fully saturated rings. The smallest absolute Gasteiger partial charge is 0.274 e. The standard InChI is InChI=1S/C22H29N5O/c1-18-7-6-8-19(15-18)25-11-13-26(14-12-25)21-17-23-20(16-24-21)22(28)27-9-4-2-3-5-10-27/h6-8,15-17H,2-5,9-14H2,1H3. The van der Waals surface area contributed by atoms with Gasteiger partial charge in [-0.05, 0) is 37.5 Å². The SMILES string of the molecule is Cc1cccc(N2CCN(c3cnc(C(=O)N4CCCCCC4)cn3)CC2)c1. The fraction of sp³-hybridized carbons (Fsp3) is 0.500. The quantitative estimate of drug-likeness (QED) is 0.820. The van der Waals surface area contributed by atoms with Gasteiger partial charge in [0.25, 0.3) is 5.91 Å². The van der Waals surface area contributed by atoms with E-state index in [0.717, 1.165) is 57.9 Å². The number of rotatable bonds is 3. The molecule has 0 unspecified atom stereocenters. The Labute approximate surface area is 167 Å². The Morgan fingerprint density at radius 1 is 0.857 bits per heavy atom. The number of benzene rings is 1. The lowest BCUT2D eigenvalue weighted by Gasteiger charge is -2.36. The summed E-state index contributed by atoms with van der Waals surface area (Å²) >= 11 is 0. The third-order valence-electron chi connectivity index (χ3n) is 5.72. The number of nitrogens with zero attached hydrogens (tertiary/aromatic N) is 5. The molecule has 1 aromatic heterocycles. The molecule has 2 aromatic rings. The molecule has 2 aliphatic rings. The van der Waals surface area contributed by atoms with Crippen molar-refractivity contribution in [2.24, 2.45) is 0 Å². The first-order valence-corrected chi connectivity index (χ1v) is 10.4. The van der Waals surface area contributed by atoms with Crippen molar-refractivity contribution in [2.45, 2.75) is 32.6 Å². The van der Waals surface area contributed by atoms with E-state index in [1.54, 1.807) is 12.4 Å². The summed E-state index contributed by atoms with van der Waals surface area (Å²) in [6.45, 7) is 7.53. The van der Waals surface area contributed by atoms with Crippen LogP contribution in [-0.2, 0) is 0 Å². The Morgan fingerprint density at radius 3 is 2.21 bits per heavy atom. The first kappa shape index (κ1) is 18.7. The normalized spacial score (nSPS) is 18.1. The highest BCUT2D eigenvalue weighted by atomic mass is 16.2. The number of hydrogen-bond acceptors (Lipinski definition) is 5. The number of anilines is 2. The number of aryl methyl sites for hydroxylation is 1. The largest absolute Gasteiger partial charge is 0.368 e.